The van der Waals surface area contributed by atoms with Crippen molar-refractivity contribution in [1.82, 2.24) is 0 Å². The molecule has 0 unspecified atom stereocenters. The third-order valence-electron chi connectivity index (χ3n) is 4.95. The maximum atomic E-state index is 12.9. The Kier molecular flexibility index (Phi) is 5.80. The van der Waals surface area contributed by atoms with Gasteiger partial charge in [-0.2, -0.15) is 0 Å². The number of benzene rings is 4. The van der Waals surface area contributed by atoms with Gasteiger partial charge in [-0.15, -0.1) is 10.2 Å². The minimum absolute atomic E-state index is 0.0539. The number of nitrogens with zero attached hydrogens (tertiary/aromatic N) is 2. The fraction of sp³-hybridized carbons (Fsp3) is 0.0417. The Morgan fingerprint density at radius 2 is 1.52 bits per heavy atom. The highest BCUT2D eigenvalue weighted by atomic mass is 32.2. The molecule has 4 rings (SSSR count). The summed E-state index contributed by atoms with van der Waals surface area (Å²) in [5.74, 6) is -1.34. The first-order valence-corrected chi connectivity index (χ1v) is 11.3. The van der Waals surface area contributed by atoms with Gasteiger partial charge in [-0.25, -0.2) is 8.42 Å². The van der Waals surface area contributed by atoms with Gasteiger partial charge in [0.2, 0.25) is 0 Å². The molecular weight excluding hydrogens is 442 g/mol. The number of hydrogen-bond donors (Lipinski definition) is 3. The van der Waals surface area contributed by atoms with Gasteiger partial charge in [-0.3, -0.25) is 9.52 Å². The summed E-state index contributed by atoms with van der Waals surface area (Å²) in [6, 6.07) is 20.1. The summed E-state index contributed by atoms with van der Waals surface area (Å²) in [6.45, 7) is 1.85. The number of rotatable bonds is 5. The molecule has 0 aliphatic carbocycles. The van der Waals surface area contributed by atoms with Crippen LogP contribution in [-0.4, -0.2) is 24.5 Å². The van der Waals surface area contributed by atoms with Crippen molar-refractivity contribution in [3.63, 3.8) is 0 Å². The maximum Gasteiger partial charge on any atom is 0.299 e. The molecular formula is C24H19N3O5S. The van der Waals surface area contributed by atoms with Gasteiger partial charge in [0.25, 0.3) is 15.9 Å². The van der Waals surface area contributed by atoms with Gasteiger partial charge < -0.3 is 10.2 Å². The van der Waals surface area contributed by atoms with Crippen LogP contribution in [0.3, 0.4) is 0 Å². The summed E-state index contributed by atoms with van der Waals surface area (Å²) in [7, 11) is -3.93. The number of nitrogens with one attached hydrogen (secondary N) is 1. The van der Waals surface area contributed by atoms with Gasteiger partial charge in [-0.1, -0.05) is 54.1 Å². The Morgan fingerprint density at radius 1 is 0.879 bits per heavy atom. The Bertz CT molecular complexity index is 1500. The number of fused-ring (bicyclic) bond motifs is 1. The summed E-state index contributed by atoms with van der Waals surface area (Å²) in [5.41, 5.74) is 0.912. The van der Waals surface area contributed by atoms with E-state index in [1.165, 1.54) is 30.3 Å². The first-order chi connectivity index (χ1) is 15.8. The zero-order valence-electron chi connectivity index (χ0n) is 17.4. The number of carbonyl (C=O) groups excluding carboxylic acids is 1. The second-order valence-corrected chi connectivity index (χ2v) is 8.96. The first kappa shape index (κ1) is 22.0. The quantitative estimate of drug-likeness (QED) is 0.275. The summed E-state index contributed by atoms with van der Waals surface area (Å²) < 4.78 is 28.4. The number of aromatic hydroxyl groups is 2. The van der Waals surface area contributed by atoms with Crippen molar-refractivity contribution in [2.75, 3.05) is 4.72 Å². The first-order valence-electron chi connectivity index (χ1n) is 9.84. The lowest BCUT2D eigenvalue weighted by atomic mass is 10.1. The number of carbonyl (C=O) groups is 1. The van der Waals surface area contributed by atoms with Crippen LogP contribution in [0.4, 0.5) is 11.4 Å². The van der Waals surface area contributed by atoms with Gasteiger partial charge in [0, 0.05) is 10.8 Å². The molecule has 0 spiro atoms. The number of hydrogen-bond acceptors (Lipinski definition) is 6. The zero-order valence-corrected chi connectivity index (χ0v) is 18.2. The number of phenols is 2. The van der Waals surface area contributed by atoms with Crippen molar-refractivity contribution in [1.29, 1.82) is 0 Å². The minimum atomic E-state index is -3.93. The molecule has 3 N–H and O–H groups in total. The van der Waals surface area contributed by atoms with E-state index in [0.29, 0.717) is 10.8 Å². The van der Waals surface area contributed by atoms with Crippen molar-refractivity contribution < 1.29 is 23.4 Å². The third kappa shape index (κ3) is 4.53. The van der Waals surface area contributed by atoms with E-state index in [1.54, 1.807) is 48.5 Å². The van der Waals surface area contributed by atoms with Crippen LogP contribution < -0.4 is 4.72 Å². The third-order valence-corrected chi connectivity index (χ3v) is 6.34. The zero-order chi connectivity index (χ0) is 23.6. The second kappa shape index (κ2) is 8.71. The standard InChI is InChI=1S/C24H19N3O5S/c1-15-10-12-16(13-11-15)33(31,32)27-20-14-21(23(29)18-7-3-2-6-17(18)20)25-26-24(30)19-8-4-5-9-22(19)28/h2-14,27-29H,1H3. The van der Waals surface area contributed by atoms with Gasteiger partial charge in [0.05, 0.1) is 16.1 Å². The molecule has 0 aliphatic rings. The summed E-state index contributed by atoms with van der Waals surface area (Å²) in [4.78, 5) is 12.4. The lowest BCUT2D eigenvalue weighted by Crippen LogP contribution is -2.13. The average Bonchev–Trinajstić information content (AvgIpc) is 2.80. The van der Waals surface area contributed by atoms with Gasteiger partial charge >= 0.3 is 0 Å². The number of sulfonamides is 1. The number of para-hydroxylation sites is 1. The van der Waals surface area contributed by atoms with Crippen LogP contribution in [0.25, 0.3) is 10.8 Å². The van der Waals surface area contributed by atoms with Crippen molar-refractivity contribution in [3.05, 3.63) is 90.0 Å². The molecule has 1 amide bonds. The van der Waals surface area contributed by atoms with E-state index in [-0.39, 0.29) is 33.3 Å². The van der Waals surface area contributed by atoms with Crippen LogP contribution in [0.1, 0.15) is 15.9 Å². The largest absolute Gasteiger partial charge is 0.507 e. The predicted octanol–water partition coefficient (Wildman–Crippen LogP) is 5.28. The molecule has 4 aromatic carbocycles. The molecule has 0 bridgehead atoms. The van der Waals surface area contributed by atoms with Crippen molar-refractivity contribution >= 4 is 38.1 Å². The van der Waals surface area contributed by atoms with Gasteiger partial charge in [0.1, 0.15) is 11.4 Å². The normalized spacial score (nSPS) is 11.7. The lowest BCUT2D eigenvalue weighted by Gasteiger charge is -2.13. The Balaban J connectivity index is 1.76. The molecule has 4 aromatic rings. The molecule has 8 nitrogen and oxygen atoms in total. The number of phenolic OH excluding ortho intramolecular Hbond substituents is 2. The molecule has 0 fully saturated rings. The van der Waals surface area contributed by atoms with Crippen LogP contribution in [0.5, 0.6) is 11.5 Å². The highest BCUT2D eigenvalue weighted by molar-refractivity contribution is 7.92. The lowest BCUT2D eigenvalue weighted by molar-refractivity contribution is 0.0992. The highest BCUT2D eigenvalue weighted by Crippen LogP contribution is 2.40. The van der Waals surface area contributed by atoms with Crippen molar-refractivity contribution in [2.24, 2.45) is 10.2 Å². The van der Waals surface area contributed by atoms with E-state index >= 15 is 0 Å². The molecule has 0 aromatic heterocycles. The number of aryl methyl sites for hydroxylation is 1. The highest BCUT2D eigenvalue weighted by Gasteiger charge is 2.19. The van der Waals surface area contributed by atoms with Crippen LogP contribution in [0.2, 0.25) is 0 Å². The fourth-order valence-corrected chi connectivity index (χ4v) is 4.31. The number of azo groups is 1. The Labute approximate surface area is 189 Å². The molecule has 166 valence electrons. The molecule has 0 aliphatic heterocycles. The Hall–Kier alpha value is -4.24. The second-order valence-electron chi connectivity index (χ2n) is 7.28. The van der Waals surface area contributed by atoms with Crippen LogP contribution in [0, 0.1) is 6.92 Å². The molecule has 0 saturated heterocycles. The van der Waals surface area contributed by atoms with E-state index in [2.05, 4.69) is 15.0 Å². The molecule has 0 saturated carbocycles. The maximum absolute atomic E-state index is 12.9. The van der Waals surface area contributed by atoms with Crippen LogP contribution >= 0.6 is 0 Å². The molecule has 0 heterocycles. The topological polar surface area (TPSA) is 128 Å². The van der Waals surface area contributed by atoms with Crippen LogP contribution in [-0.2, 0) is 10.0 Å². The minimum Gasteiger partial charge on any atom is -0.507 e. The summed E-state index contributed by atoms with van der Waals surface area (Å²) in [6.07, 6.45) is 0. The van der Waals surface area contributed by atoms with E-state index in [1.807, 2.05) is 6.92 Å². The van der Waals surface area contributed by atoms with Crippen molar-refractivity contribution in [2.45, 2.75) is 11.8 Å². The fourth-order valence-electron chi connectivity index (χ4n) is 3.23. The summed E-state index contributed by atoms with van der Waals surface area (Å²) >= 11 is 0. The van der Waals surface area contributed by atoms with Crippen LogP contribution in [0.15, 0.2) is 94.0 Å². The van der Waals surface area contributed by atoms with Gasteiger partial charge in [-0.05, 0) is 37.3 Å². The molecule has 0 atom stereocenters. The number of anilines is 1. The van der Waals surface area contributed by atoms with E-state index in [0.717, 1.165) is 5.56 Å². The molecule has 9 heteroatoms. The molecule has 33 heavy (non-hydrogen) atoms. The smallest absolute Gasteiger partial charge is 0.299 e. The molecule has 0 radical (unpaired) electrons. The van der Waals surface area contributed by atoms with E-state index in [9.17, 15) is 23.4 Å². The number of amides is 1. The summed E-state index contributed by atoms with van der Waals surface area (Å²) in [5, 5.41) is 28.7. The van der Waals surface area contributed by atoms with Crippen molar-refractivity contribution in [3.8, 4) is 11.5 Å². The SMILES string of the molecule is Cc1ccc(S(=O)(=O)Nc2cc(N=NC(=O)c3ccccc3O)c(O)c3ccccc23)cc1. The monoisotopic (exact) mass is 461 g/mol. The Morgan fingerprint density at radius 3 is 2.21 bits per heavy atom. The average molecular weight is 461 g/mol. The van der Waals surface area contributed by atoms with E-state index < -0.39 is 15.9 Å². The van der Waals surface area contributed by atoms with E-state index in [4.69, 9.17) is 0 Å². The predicted molar refractivity (Wildman–Crippen MR) is 125 cm³/mol. The van der Waals surface area contributed by atoms with Gasteiger partial charge in [0.15, 0.2) is 5.75 Å².